The number of aromatic nitrogens is 2. The molecule has 0 aliphatic heterocycles. The number of halogens is 6. The van der Waals surface area contributed by atoms with E-state index in [9.17, 15) is 18.4 Å². The van der Waals surface area contributed by atoms with E-state index in [0.717, 1.165) is 94.2 Å². The molecule has 78 heavy (non-hydrogen) atoms. The maximum absolute atomic E-state index is 15.2. The lowest BCUT2D eigenvalue weighted by molar-refractivity contribution is -0.142. The molecule has 11 aromatic carbocycles. The van der Waals surface area contributed by atoms with Gasteiger partial charge in [0.15, 0.2) is 0 Å². The number of fused-ring (bicyclic) bond motifs is 6. The molecule has 0 saturated heterocycles. The zero-order valence-corrected chi connectivity index (χ0v) is 41.3. The monoisotopic (exact) mass is 1030 g/mol. The zero-order valence-electron chi connectivity index (χ0n) is 41.3. The molecule has 2 heterocycles. The molecule has 0 atom stereocenters. The molecule has 0 bridgehead atoms. The standard InChI is InChI=1S/C69H41F6N3/c70-68(71,72)53-27-28-54(61(41-53)69(73,74)75)52-26-34-67(78-65-32-24-50(46-17-9-3-10-18-46)38-58(65)59-39-51(25-33-66(59)78)47-19-11-4-12-20-47)60(40-52)55-35-43(42-76)21-29-62(55)77-63-30-22-48(44-13-5-1-6-14-44)36-56(63)57-37-49(23-31-64(57)77)45-15-7-2-8-16-45/h1-41H. The van der Waals surface area contributed by atoms with E-state index >= 15 is 13.2 Å². The Bertz CT molecular complexity index is 4320. The Labute approximate surface area is 444 Å². The van der Waals surface area contributed by atoms with Crippen molar-refractivity contribution in [1.29, 1.82) is 5.26 Å². The van der Waals surface area contributed by atoms with Crippen LogP contribution in [-0.2, 0) is 12.4 Å². The van der Waals surface area contributed by atoms with Crippen molar-refractivity contribution in [3.05, 3.63) is 265 Å². The molecule has 0 amide bonds. The van der Waals surface area contributed by atoms with Crippen LogP contribution in [0.3, 0.4) is 0 Å². The minimum Gasteiger partial charge on any atom is -0.309 e. The van der Waals surface area contributed by atoms with Gasteiger partial charge in [-0.05, 0) is 147 Å². The highest BCUT2D eigenvalue weighted by molar-refractivity contribution is 6.14. The first-order valence-electron chi connectivity index (χ1n) is 25.3. The first kappa shape index (κ1) is 47.8. The Balaban J connectivity index is 1.13. The molecule has 0 aliphatic rings. The first-order chi connectivity index (χ1) is 37.9. The Kier molecular flexibility index (Phi) is 11.5. The van der Waals surface area contributed by atoms with Gasteiger partial charge in [0.2, 0.25) is 0 Å². The third-order valence-corrected chi connectivity index (χ3v) is 14.8. The molecule has 2 aromatic heterocycles. The number of nitrogens with zero attached hydrogens (tertiary/aromatic N) is 3. The lowest BCUT2D eigenvalue weighted by Crippen LogP contribution is -2.12. The van der Waals surface area contributed by atoms with Crippen LogP contribution in [0, 0.1) is 11.3 Å². The number of hydrogen-bond acceptors (Lipinski definition) is 1. The van der Waals surface area contributed by atoms with Crippen molar-refractivity contribution >= 4 is 43.6 Å². The van der Waals surface area contributed by atoms with Crippen LogP contribution >= 0.6 is 0 Å². The Morgan fingerprint density at radius 3 is 1.01 bits per heavy atom. The van der Waals surface area contributed by atoms with Gasteiger partial charge in [-0.15, -0.1) is 0 Å². The van der Waals surface area contributed by atoms with Gasteiger partial charge in [-0.25, -0.2) is 0 Å². The van der Waals surface area contributed by atoms with E-state index in [4.69, 9.17) is 0 Å². The van der Waals surface area contributed by atoms with Gasteiger partial charge in [-0.2, -0.15) is 31.6 Å². The summed E-state index contributed by atoms with van der Waals surface area (Å²) in [5.41, 5.74) is 10.5. The minimum absolute atomic E-state index is 0.0313. The normalized spacial score (nSPS) is 12.0. The maximum Gasteiger partial charge on any atom is 0.417 e. The van der Waals surface area contributed by atoms with Gasteiger partial charge in [0.1, 0.15) is 0 Å². The molecule has 374 valence electrons. The summed E-state index contributed by atoms with van der Waals surface area (Å²) < 4.78 is 92.3. The third kappa shape index (κ3) is 8.35. The van der Waals surface area contributed by atoms with Crippen molar-refractivity contribution in [3.63, 3.8) is 0 Å². The summed E-state index contributed by atoms with van der Waals surface area (Å²) in [4.78, 5) is 0. The van der Waals surface area contributed by atoms with Gasteiger partial charge in [-0.1, -0.05) is 158 Å². The summed E-state index contributed by atoms with van der Waals surface area (Å²) >= 11 is 0. The van der Waals surface area contributed by atoms with Gasteiger partial charge in [-0.3, -0.25) is 0 Å². The van der Waals surface area contributed by atoms with E-state index in [1.165, 1.54) is 6.07 Å². The third-order valence-electron chi connectivity index (χ3n) is 14.8. The van der Waals surface area contributed by atoms with Crippen molar-refractivity contribution in [3.8, 4) is 84.2 Å². The predicted octanol–water partition coefficient (Wildman–Crippen LogP) is 19.8. The van der Waals surface area contributed by atoms with Crippen LogP contribution in [0.2, 0.25) is 0 Å². The Morgan fingerprint density at radius 1 is 0.295 bits per heavy atom. The van der Waals surface area contributed by atoms with Crippen molar-refractivity contribution in [2.24, 2.45) is 0 Å². The predicted molar refractivity (Wildman–Crippen MR) is 302 cm³/mol. The molecule has 3 nitrogen and oxygen atoms in total. The lowest BCUT2D eigenvalue weighted by atomic mass is 9.91. The van der Waals surface area contributed by atoms with Gasteiger partial charge in [0, 0.05) is 32.7 Å². The molecule has 0 N–H and O–H groups in total. The van der Waals surface area contributed by atoms with E-state index in [1.54, 1.807) is 24.3 Å². The van der Waals surface area contributed by atoms with Crippen LogP contribution in [0.15, 0.2) is 249 Å². The van der Waals surface area contributed by atoms with E-state index in [1.807, 2.05) is 127 Å². The minimum atomic E-state index is -5.15. The van der Waals surface area contributed by atoms with Crippen LogP contribution in [0.4, 0.5) is 26.3 Å². The fourth-order valence-electron chi connectivity index (χ4n) is 11.1. The number of benzene rings is 11. The number of rotatable bonds is 8. The number of alkyl halides is 6. The zero-order chi connectivity index (χ0) is 53.3. The highest BCUT2D eigenvalue weighted by Gasteiger charge is 2.39. The van der Waals surface area contributed by atoms with E-state index in [-0.39, 0.29) is 17.2 Å². The molecule has 0 aliphatic carbocycles. The van der Waals surface area contributed by atoms with Crippen molar-refractivity contribution < 1.29 is 26.3 Å². The highest BCUT2D eigenvalue weighted by Crippen LogP contribution is 2.47. The van der Waals surface area contributed by atoms with Gasteiger partial charge >= 0.3 is 12.4 Å². The van der Waals surface area contributed by atoms with Crippen LogP contribution < -0.4 is 0 Å². The topological polar surface area (TPSA) is 33.6 Å². The van der Waals surface area contributed by atoms with Gasteiger partial charge < -0.3 is 9.13 Å². The molecule has 0 saturated carbocycles. The van der Waals surface area contributed by atoms with Crippen molar-refractivity contribution in [2.75, 3.05) is 0 Å². The second-order valence-corrected chi connectivity index (χ2v) is 19.4. The average molecular weight is 1030 g/mol. The molecule has 13 aromatic rings. The summed E-state index contributed by atoms with van der Waals surface area (Å²) in [7, 11) is 0. The van der Waals surface area contributed by atoms with Crippen LogP contribution in [0.1, 0.15) is 16.7 Å². The number of hydrogen-bond donors (Lipinski definition) is 0. The Hall–Kier alpha value is -9.91. The lowest BCUT2D eigenvalue weighted by Gasteiger charge is -2.21. The molecule has 0 radical (unpaired) electrons. The quantitative estimate of drug-likeness (QED) is 0.140. The smallest absolute Gasteiger partial charge is 0.309 e. The molecule has 0 fully saturated rings. The molecule has 9 heteroatoms. The summed E-state index contributed by atoms with van der Waals surface area (Å²) in [6.07, 6.45) is -10.2. The molecule has 0 unspecified atom stereocenters. The van der Waals surface area contributed by atoms with Crippen molar-refractivity contribution in [2.45, 2.75) is 12.4 Å². The van der Waals surface area contributed by atoms with E-state index in [0.29, 0.717) is 28.6 Å². The molecule has 0 spiro atoms. The average Bonchev–Trinajstić information content (AvgIpc) is 3.98. The molecular weight excluding hydrogens is 985 g/mol. The fraction of sp³-hybridized carbons (Fsp3) is 0.0290. The summed E-state index contributed by atoms with van der Waals surface area (Å²) in [6, 6.07) is 79.6. The molecule has 13 rings (SSSR count). The fourth-order valence-corrected chi connectivity index (χ4v) is 11.1. The SMILES string of the molecule is N#Cc1ccc(-n2c3ccc(-c4ccccc4)cc3c3cc(-c4ccccc4)ccc32)c(-c2cc(-c3ccc(C(F)(F)F)cc3C(F)(F)F)ccc2-n2c3ccc(-c4ccccc4)cc3c3cc(-c4ccccc4)ccc32)c1. The summed E-state index contributed by atoms with van der Waals surface area (Å²) in [5, 5.41) is 14.4. The summed E-state index contributed by atoms with van der Waals surface area (Å²) in [5.74, 6) is 0. The van der Waals surface area contributed by atoms with Crippen LogP contribution in [-0.4, -0.2) is 9.13 Å². The van der Waals surface area contributed by atoms with E-state index < -0.39 is 29.0 Å². The first-order valence-corrected chi connectivity index (χ1v) is 25.3. The van der Waals surface area contributed by atoms with E-state index in [2.05, 4.69) is 88.0 Å². The molecular formula is C69H41F6N3. The second kappa shape index (κ2) is 18.7. The number of nitriles is 1. The Morgan fingerprint density at radius 2 is 0.654 bits per heavy atom. The van der Waals surface area contributed by atoms with Gasteiger partial charge in [0.05, 0.1) is 56.2 Å². The largest absolute Gasteiger partial charge is 0.417 e. The van der Waals surface area contributed by atoms with Crippen molar-refractivity contribution in [1.82, 2.24) is 9.13 Å². The maximum atomic E-state index is 15.2. The summed E-state index contributed by atoms with van der Waals surface area (Å²) in [6.45, 7) is 0. The highest BCUT2D eigenvalue weighted by atomic mass is 19.4. The van der Waals surface area contributed by atoms with Crippen LogP contribution in [0.25, 0.3) is 122 Å². The second-order valence-electron chi connectivity index (χ2n) is 19.4. The van der Waals surface area contributed by atoms with Gasteiger partial charge in [0.25, 0.3) is 0 Å². The van der Waals surface area contributed by atoms with Crippen LogP contribution in [0.5, 0.6) is 0 Å².